The van der Waals surface area contributed by atoms with Gasteiger partial charge in [-0.25, -0.2) is 4.79 Å². The fourth-order valence-corrected chi connectivity index (χ4v) is 2.96. The monoisotopic (exact) mass is 296 g/mol. The van der Waals surface area contributed by atoms with Gasteiger partial charge in [-0.05, 0) is 36.2 Å². The maximum Gasteiger partial charge on any atom is 0.335 e. The molecule has 2 N–H and O–H groups in total. The van der Waals surface area contributed by atoms with Crippen molar-refractivity contribution >= 4 is 11.7 Å². The summed E-state index contributed by atoms with van der Waals surface area (Å²) in [5.41, 5.74) is 2.74. The van der Waals surface area contributed by atoms with E-state index in [0.717, 1.165) is 31.7 Å². The summed E-state index contributed by atoms with van der Waals surface area (Å²) in [5.74, 6) is -0.882. The van der Waals surface area contributed by atoms with E-state index in [9.17, 15) is 4.79 Å². The van der Waals surface area contributed by atoms with Crippen molar-refractivity contribution in [1.82, 2.24) is 5.32 Å². The molecule has 1 aliphatic heterocycles. The number of carboxylic acids is 1. The van der Waals surface area contributed by atoms with E-state index in [-0.39, 0.29) is 0 Å². The van der Waals surface area contributed by atoms with Crippen LogP contribution in [-0.4, -0.2) is 36.8 Å². The molecule has 4 heteroatoms. The first-order valence-electron chi connectivity index (χ1n) is 7.58. The van der Waals surface area contributed by atoms with E-state index in [1.807, 2.05) is 18.2 Å². The first kappa shape index (κ1) is 14.6. The second kappa shape index (κ2) is 6.62. The lowest BCUT2D eigenvalue weighted by Gasteiger charge is -2.38. The minimum Gasteiger partial charge on any atom is -0.478 e. The Bertz CT molecular complexity index is 625. The van der Waals surface area contributed by atoms with Crippen molar-refractivity contribution in [2.75, 3.05) is 24.5 Å². The smallest absolute Gasteiger partial charge is 0.335 e. The summed E-state index contributed by atoms with van der Waals surface area (Å²) >= 11 is 0. The summed E-state index contributed by atoms with van der Waals surface area (Å²) in [4.78, 5) is 13.3. The van der Waals surface area contributed by atoms with Crippen molar-refractivity contribution in [2.24, 2.45) is 0 Å². The molecule has 0 spiro atoms. The molecule has 0 amide bonds. The van der Waals surface area contributed by atoms with Gasteiger partial charge in [0.15, 0.2) is 0 Å². The molecule has 22 heavy (non-hydrogen) atoms. The van der Waals surface area contributed by atoms with Crippen molar-refractivity contribution in [1.29, 1.82) is 0 Å². The van der Waals surface area contributed by atoms with Gasteiger partial charge < -0.3 is 15.3 Å². The average molecular weight is 296 g/mol. The van der Waals surface area contributed by atoms with Gasteiger partial charge in [0.1, 0.15) is 0 Å². The van der Waals surface area contributed by atoms with Gasteiger partial charge >= 0.3 is 5.97 Å². The third kappa shape index (κ3) is 3.28. The van der Waals surface area contributed by atoms with Crippen LogP contribution in [0.15, 0.2) is 54.6 Å². The molecule has 0 saturated carbocycles. The van der Waals surface area contributed by atoms with Crippen LogP contribution in [-0.2, 0) is 6.42 Å². The highest BCUT2D eigenvalue weighted by atomic mass is 16.4. The van der Waals surface area contributed by atoms with Crippen LogP contribution >= 0.6 is 0 Å². The van der Waals surface area contributed by atoms with E-state index in [4.69, 9.17) is 5.11 Å². The van der Waals surface area contributed by atoms with Crippen molar-refractivity contribution in [2.45, 2.75) is 12.5 Å². The second-order valence-corrected chi connectivity index (χ2v) is 5.59. The van der Waals surface area contributed by atoms with Gasteiger partial charge in [0, 0.05) is 31.4 Å². The van der Waals surface area contributed by atoms with Crippen molar-refractivity contribution in [3.8, 4) is 0 Å². The van der Waals surface area contributed by atoms with Gasteiger partial charge in [0.25, 0.3) is 0 Å². The molecule has 0 radical (unpaired) electrons. The highest BCUT2D eigenvalue weighted by Crippen LogP contribution is 2.21. The normalized spacial score (nSPS) is 18.2. The highest BCUT2D eigenvalue weighted by Gasteiger charge is 2.22. The first-order chi connectivity index (χ1) is 10.7. The molecule has 0 aliphatic carbocycles. The molecule has 1 saturated heterocycles. The minimum atomic E-state index is -0.882. The van der Waals surface area contributed by atoms with Crippen LogP contribution in [0.5, 0.6) is 0 Å². The summed E-state index contributed by atoms with van der Waals surface area (Å²) in [7, 11) is 0. The zero-order chi connectivity index (χ0) is 15.4. The van der Waals surface area contributed by atoms with E-state index in [1.54, 1.807) is 12.1 Å². The predicted octanol–water partition coefficient (Wildman–Crippen LogP) is 2.41. The molecule has 2 aromatic rings. The highest BCUT2D eigenvalue weighted by molar-refractivity contribution is 5.88. The summed E-state index contributed by atoms with van der Waals surface area (Å²) in [6.45, 7) is 2.82. The minimum absolute atomic E-state index is 0.332. The van der Waals surface area contributed by atoms with Gasteiger partial charge in [-0.1, -0.05) is 30.3 Å². The summed E-state index contributed by atoms with van der Waals surface area (Å²) < 4.78 is 0. The Morgan fingerprint density at radius 2 is 1.86 bits per heavy atom. The number of carbonyl (C=O) groups is 1. The molecule has 0 aromatic heterocycles. The van der Waals surface area contributed by atoms with Gasteiger partial charge in [-0.15, -0.1) is 0 Å². The molecule has 0 unspecified atom stereocenters. The Hall–Kier alpha value is -2.33. The lowest BCUT2D eigenvalue weighted by molar-refractivity contribution is 0.0697. The van der Waals surface area contributed by atoms with Gasteiger partial charge in [-0.3, -0.25) is 0 Å². The lowest BCUT2D eigenvalue weighted by atomic mass is 10.0. The maximum atomic E-state index is 11.0. The zero-order valence-corrected chi connectivity index (χ0v) is 12.4. The van der Waals surface area contributed by atoms with Crippen LogP contribution in [0.2, 0.25) is 0 Å². The topological polar surface area (TPSA) is 52.6 Å². The Balaban J connectivity index is 1.78. The summed E-state index contributed by atoms with van der Waals surface area (Å²) in [5, 5.41) is 12.5. The van der Waals surface area contributed by atoms with Crippen LogP contribution in [0.4, 0.5) is 5.69 Å². The number of anilines is 1. The van der Waals surface area contributed by atoms with E-state index in [0.29, 0.717) is 11.6 Å². The average Bonchev–Trinajstić information content (AvgIpc) is 2.56. The number of piperazine rings is 1. The molecule has 114 valence electrons. The Morgan fingerprint density at radius 1 is 1.14 bits per heavy atom. The fourth-order valence-electron chi connectivity index (χ4n) is 2.96. The number of rotatable bonds is 4. The quantitative estimate of drug-likeness (QED) is 0.910. The van der Waals surface area contributed by atoms with E-state index in [1.165, 1.54) is 5.56 Å². The Labute approximate surface area is 130 Å². The number of aromatic carboxylic acids is 1. The largest absolute Gasteiger partial charge is 0.478 e. The number of hydrogen-bond acceptors (Lipinski definition) is 3. The number of benzene rings is 2. The molecule has 3 rings (SSSR count). The molecule has 1 heterocycles. The van der Waals surface area contributed by atoms with Crippen LogP contribution in [0.25, 0.3) is 0 Å². The molecular weight excluding hydrogens is 276 g/mol. The molecule has 2 aromatic carbocycles. The Morgan fingerprint density at radius 3 is 2.55 bits per heavy atom. The second-order valence-electron chi connectivity index (χ2n) is 5.59. The molecule has 0 bridgehead atoms. The summed E-state index contributed by atoms with van der Waals surface area (Å²) in [6, 6.07) is 18.0. The van der Waals surface area contributed by atoms with Crippen molar-refractivity contribution in [3.05, 3.63) is 65.7 Å². The molecule has 4 nitrogen and oxygen atoms in total. The van der Waals surface area contributed by atoms with Crippen LogP contribution in [0.1, 0.15) is 15.9 Å². The molecule has 1 aliphatic rings. The van der Waals surface area contributed by atoms with Gasteiger partial charge in [0.2, 0.25) is 0 Å². The van der Waals surface area contributed by atoms with Crippen LogP contribution < -0.4 is 10.2 Å². The van der Waals surface area contributed by atoms with Crippen molar-refractivity contribution in [3.63, 3.8) is 0 Å². The predicted molar refractivity (Wildman–Crippen MR) is 87.6 cm³/mol. The number of carboxylic acid groups (broad SMARTS) is 1. The number of nitrogens with zero attached hydrogens (tertiary/aromatic N) is 1. The first-order valence-corrected chi connectivity index (χ1v) is 7.58. The molecule has 1 atom stereocenters. The van der Waals surface area contributed by atoms with E-state index >= 15 is 0 Å². The SMILES string of the molecule is O=C(O)c1ccc(N2CCNC[C@@H]2Cc2ccccc2)cc1. The van der Waals surface area contributed by atoms with Crippen LogP contribution in [0, 0.1) is 0 Å². The van der Waals surface area contributed by atoms with Crippen LogP contribution in [0.3, 0.4) is 0 Å². The maximum absolute atomic E-state index is 11.0. The van der Waals surface area contributed by atoms with E-state index in [2.05, 4.69) is 34.5 Å². The van der Waals surface area contributed by atoms with Gasteiger partial charge in [0.05, 0.1) is 5.56 Å². The van der Waals surface area contributed by atoms with Crippen molar-refractivity contribution < 1.29 is 9.90 Å². The van der Waals surface area contributed by atoms with E-state index < -0.39 is 5.97 Å². The standard InChI is InChI=1S/C18H20N2O2/c21-18(22)15-6-8-16(9-7-15)20-11-10-19-13-17(20)12-14-4-2-1-3-5-14/h1-9,17,19H,10-13H2,(H,21,22)/t17-/m0/s1. The zero-order valence-electron chi connectivity index (χ0n) is 12.4. The summed E-state index contributed by atoms with van der Waals surface area (Å²) in [6.07, 6.45) is 0.981. The number of hydrogen-bond donors (Lipinski definition) is 2. The third-order valence-electron chi connectivity index (χ3n) is 4.11. The van der Waals surface area contributed by atoms with Gasteiger partial charge in [-0.2, -0.15) is 0 Å². The Kier molecular flexibility index (Phi) is 4.39. The third-order valence-corrected chi connectivity index (χ3v) is 4.11. The fraction of sp³-hybridized carbons (Fsp3) is 0.278. The number of nitrogens with one attached hydrogen (secondary N) is 1. The lowest BCUT2D eigenvalue weighted by Crippen LogP contribution is -2.52. The molecular formula is C18H20N2O2. The molecule has 1 fully saturated rings.